The maximum atomic E-state index is 13.3. The molecule has 6 heteroatoms. The molecule has 2 aliphatic heterocycles. The van der Waals surface area contributed by atoms with E-state index in [1.807, 2.05) is 4.90 Å². The van der Waals surface area contributed by atoms with Gasteiger partial charge in [0.05, 0.1) is 11.1 Å². The van der Waals surface area contributed by atoms with Crippen LogP contribution in [0, 0.1) is 11.3 Å². The summed E-state index contributed by atoms with van der Waals surface area (Å²) in [4.78, 5) is 27.1. The Morgan fingerprint density at radius 3 is 3.17 bits per heavy atom. The lowest BCUT2D eigenvalue weighted by molar-refractivity contribution is -0.146. The van der Waals surface area contributed by atoms with Gasteiger partial charge in [0.15, 0.2) is 0 Å². The predicted octanol–water partition coefficient (Wildman–Crippen LogP) is 0.445. The highest BCUT2D eigenvalue weighted by atomic mass is 16.2. The SMILES string of the molecule is Cn1nc2c(cc1=O)CN(C(=O)[C@@]13CCCC[C@H]1CNC3)CC2. The second kappa shape index (κ2) is 5.44. The first-order valence-corrected chi connectivity index (χ1v) is 8.66. The first-order chi connectivity index (χ1) is 11.1. The Kier molecular flexibility index (Phi) is 3.52. The highest BCUT2D eigenvalue weighted by Crippen LogP contribution is 2.45. The number of nitrogens with one attached hydrogen (secondary N) is 1. The number of rotatable bonds is 1. The van der Waals surface area contributed by atoms with Gasteiger partial charge in [0.25, 0.3) is 5.56 Å². The van der Waals surface area contributed by atoms with Crippen LogP contribution >= 0.6 is 0 Å². The lowest BCUT2D eigenvalue weighted by atomic mass is 9.67. The molecule has 6 nitrogen and oxygen atoms in total. The molecular weight excluding hydrogens is 292 g/mol. The fraction of sp³-hybridized carbons (Fsp3) is 0.706. The van der Waals surface area contributed by atoms with E-state index in [1.54, 1.807) is 13.1 Å². The van der Waals surface area contributed by atoms with Crippen LogP contribution in [0.3, 0.4) is 0 Å². The number of aromatic nitrogens is 2. The molecule has 2 atom stereocenters. The Morgan fingerprint density at radius 1 is 1.43 bits per heavy atom. The summed E-state index contributed by atoms with van der Waals surface area (Å²) in [6.45, 7) is 3.03. The second-order valence-electron chi connectivity index (χ2n) is 7.28. The minimum Gasteiger partial charge on any atom is -0.337 e. The van der Waals surface area contributed by atoms with Crippen molar-refractivity contribution in [3.63, 3.8) is 0 Å². The van der Waals surface area contributed by atoms with E-state index in [2.05, 4.69) is 10.4 Å². The number of nitrogens with zero attached hydrogens (tertiary/aromatic N) is 3. The summed E-state index contributed by atoms with van der Waals surface area (Å²) in [6, 6.07) is 1.64. The average Bonchev–Trinajstić information content (AvgIpc) is 3.00. The number of aryl methyl sites for hydroxylation is 1. The molecule has 1 aliphatic carbocycles. The van der Waals surface area contributed by atoms with Crippen LogP contribution in [-0.2, 0) is 24.8 Å². The Morgan fingerprint density at radius 2 is 2.30 bits per heavy atom. The molecule has 0 radical (unpaired) electrons. The molecule has 124 valence electrons. The highest BCUT2D eigenvalue weighted by Gasteiger charge is 2.51. The summed E-state index contributed by atoms with van der Waals surface area (Å²) in [7, 11) is 1.68. The van der Waals surface area contributed by atoms with E-state index in [-0.39, 0.29) is 11.0 Å². The zero-order chi connectivity index (χ0) is 16.0. The quantitative estimate of drug-likeness (QED) is 0.817. The largest absolute Gasteiger partial charge is 0.337 e. The molecule has 0 bridgehead atoms. The lowest BCUT2D eigenvalue weighted by Gasteiger charge is -2.42. The van der Waals surface area contributed by atoms with Crippen LogP contribution in [0.5, 0.6) is 0 Å². The van der Waals surface area contributed by atoms with Gasteiger partial charge in [0.2, 0.25) is 5.91 Å². The van der Waals surface area contributed by atoms with Crippen LogP contribution < -0.4 is 10.9 Å². The molecule has 3 heterocycles. The van der Waals surface area contributed by atoms with Gasteiger partial charge in [0.1, 0.15) is 0 Å². The number of hydrogen-bond acceptors (Lipinski definition) is 4. The maximum absolute atomic E-state index is 13.3. The van der Waals surface area contributed by atoms with Crippen LogP contribution in [0.1, 0.15) is 36.9 Å². The average molecular weight is 316 g/mol. The van der Waals surface area contributed by atoms with Crippen molar-refractivity contribution in [2.45, 2.75) is 38.6 Å². The fourth-order valence-electron chi connectivity index (χ4n) is 4.65. The molecule has 0 aromatic carbocycles. The van der Waals surface area contributed by atoms with E-state index < -0.39 is 0 Å². The van der Waals surface area contributed by atoms with Crippen molar-refractivity contribution in [2.24, 2.45) is 18.4 Å². The summed E-state index contributed by atoms with van der Waals surface area (Å²) >= 11 is 0. The Balaban J connectivity index is 1.60. The van der Waals surface area contributed by atoms with Gasteiger partial charge in [0, 0.05) is 44.7 Å². The first kappa shape index (κ1) is 14.9. The summed E-state index contributed by atoms with van der Waals surface area (Å²) < 4.78 is 1.38. The zero-order valence-corrected chi connectivity index (χ0v) is 13.7. The van der Waals surface area contributed by atoms with Crippen LogP contribution in [0.15, 0.2) is 10.9 Å². The van der Waals surface area contributed by atoms with Crippen molar-refractivity contribution in [1.82, 2.24) is 20.0 Å². The third-order valence-corrected chi connectivity index (χ3v) is 5.99. The summed E-state index contributed by atoms with van der Waals surface area (Å²) in [5.74, 6) is 0.769. The molecule has 1 amide bonds. The monoisotopic (exact) mass is 316 g/mol. The van der Waals surface area contributed by atoms with E-state index in [1.165, 1.54) is 11.1 Å². The summed E-state index contributed by atoms with van der Waals surface area (Å²) in [5, 5.41) is 7.79. The molecule has 0 spiro atoms. The molecule has 1 aromatic rings. The van der Waals surface area contributed by atoms with Gasteiger partial charge in [-0.25, -0.2) is 4.68 Å². The van der Waals surface area contributed by atoms with Gasteiger partial charge in [-0.2, -0.15) is 5.10 Å². The third-order valence-electron chi connectivity index (χ3n) is 5.99. The normalized spacial score (nSPS) is 30.0. The van der Waals surface area contributed by atoms with Crippen LogP contribution in [-0.4, -0.2) is 40.2 Å². The van der Waals surface area contributed by atoms with Crippen molar-refractivity contribution >= 4 is 5.91 Å². The van der Waals surface area contributed by atoms with Crippen molar-refractivity contribution in [1.29, 1.82) is 0 Å². The number of carbonyl (C=O) groups excluding carboxylic acids is 1. The van der Waals surface area contributed by atoms with E-state index in [0.717, 1.165) is 50.0 Å². The molecular formula is C17H24N4O2. The van der Waals surface area contributed by atoms with E-state index in [9.17, 15) is 9.59 Å². The molecule has 1 N–H and O–H groups in total. The van der Waals surface area contributed by atoms with Gasteiger partial charge >= 0.3 is 0 Å². The van der Waals surface area contributed by atoms with Crippen LogP contribution in [0.25, 0.3) is 0 Å². The molecule has 1 saturated carbocycles. The van der Waals surface area contributed by atoms with Gasteiger partial charge in [-0.05, 0) is 25.3 Å². The topological polar surface area (TPSA) is 67.2 Å². The third kappa shape index (κ3) is 2.31. The Bertz CT molecular complexity index is 698. The fourth-order valence-corrected chi connectivity index (χ4v) is 4.65. The minimum atomic E-state index is -0.205. The van der Waals surface area contributed by atoms with E-state index >= 15 is 0 Å². The number of hydrogen-bond donors (Lipinski definition) is 1. The number of carbonyl (C=O) groups is 1. The van der Waals surface area contributed by atoms with Crippen LogP contribution in [0.2, 0.25) is 0 Å². The van der Waals surface area contributed by atoms with Crippen molar-refractivity contribution in [2.75, 3.05) is 19.6 Å². The highest BCUT2D eigenvalue weighted by molar-refractivity contribution is 5.84. The maximum Gasteiger partial charge on any atom is 0.266 e. The van der Waals surface area contributed by atoms with Gasteiger partial charge < -0.3 is 10.2 Å². The first-order valence-electron chi connectivity index (χ1n) is 8.66. The lowest BCUT2D eigenvalue weighted by Crippen LogP contribution is -2.51. The van der Waals surface area contributed by atoms with Crippen molar-refractivity contribution in [3.05, 3.63) is 27.7 Å². The van der Waals surface area contributed by atoms with Gasteiger partial charge in [-0.3, -0.25) is 9.59 Å². The van der Waals surface area contributed by atoms with Gasteiger partial charge in [-0.1, -0.05) is 12.8 Å². The smallest absolute Gasteiger partial charge is 0.266 e. The van der Waals surface area contributed by atoms with E-state index in [4.69, 9.17) is 0 Å². The molecule has 3 aliphatic rings. The minimum absolute atomic E-state index is 0.103. The standard InChI is InChI=1S/C17H24N4O2/c1-20-15(22)8-12-10-21(7-5-14(12)19-20)16(23)17-6-3-2-4-13(17)9-18-11-17/h8,13,18H,2-7,9-11H2,1H3/t13-,17+/m0/s1. The van der Waals surface area contributed by atoms with Crippen molar-refractivity contribution in [3.8, 4) is 0 Å². The summed E-state index contributed by atoms with van der Waals surface area (Å²) in [6.07, 6.45) is 5.29. The van der Waals surface area contributed by atoms with Crippen LogP contribution in [0.4, 0.5) is 0 Å². The Hall–Kier alpha value is -1.69. The van der Waals surface area contributed by atoms with Crippen molar-refractivity contribution < 1.29 is 4.79 Å². The molecule has 4 rings (SSSR count). The Labute approximate surface area is 135 Å². The number of fused-ring (bicyclic) bond motifs is 2. The number of amides is 1. The molecule has 2 fully saturated rings. The second-order valence-corrected chi connectivity index (χ2v) is 7.28. The molecule has 23 heavy (non-hydrogen) atoms. The summed E-state index contributed by atoms with van der Waals surface area (Å²) in [5.41, 5.74) is 1.57. The molecule has 0 unspecified atom stereocenters. The van der Waals surface area contributed by atoms with E-state index in [0.29, 0.717) is 24.9 Å². The van der Waals surface area contributed by atoms with Gasteiger partial charge in [-0.15, -0.1) is 0 Å². The zero-order valence-electron chi connectivity index (χ0n) is 13.7. The molecule has 1 aromatic heterocycles. The molecule has 1 saturated heterocycles. The predicted molar refractivity (Wildman–Crippen MR) is 85.9 cm³/mol.